The minimum Gasteiger partial charge on any atom is -0.471 e. The van der Waals surface area contributed by atoms with Crippen LogP contribution < -0.4 is 9.47 Å². The predicted octanol–water partition coefficient (Wildman–Crippen LogP) is 4.38. The number of hydrogen-bond acceptors (Lipinski definition) is 5. The van der Waals surface area contributed by atoms with Crippen LogP contribution in [0.3, 0.4) is 0 Å². The van der Waals surface area contributed by atoms with Gasteiger partial charge in [0, 0.05) is 18.2 Å². The maximum Gasteiger partial charge on any atom is 0.574 e. The number of rotatable bonds is 2. The lowest BCUT2D eigenvalue weighted by molar-refractivity contribution is -0.276. The molecule has 0 spiro atoms. The molecule has 0 saturated carbocycles. The highest BCUT2D eigenvalue weighted by Gasteiger charge is 2.57. The second-order valence-electron chi connectivity index (χ2n) is 7.71. The zero-order chi connectivity index (χ0) is 20.0. The number of likely N-dealkylation sites (tertiary alicyclic amines) is 1. The third-order valence-electron chi connectivity index (χ3n) is 4.79. The summed E-state index contributed by atoms with van der Waals surface area (Å²) in [6, 6.07) is 2.65. The Labute approximate surface area is 155 Å². The average Bonchev–Trinajstić information content (AvgIpc) is 2.84. The van der Waals surface area contributed by atoms with Crippen molar-refractivity contribution in [2.75, 3.05) is 6.54 Å². The second-order valence-corrected chi connectivity index (χ2v) is 7.71. The topological polar surface area (TPSA) is 60.9 Å². The summed E-state index contributed by atoms with van der Waals surface area (Å²) in [5.74, 6) is -0.519. The molecule has 1 saturated heterocycles. The Balaban J connectivity index is 1.99. The quantitative estimate of drug-likeness (QED) is 0.753. The van der Waals surface area contributed by atoms with Crippen molar-refractivity contribution in [3.63, 3.8) is 0 Å². The van der Waals surface area contributed by atoms with Gasteiger partial charge in [0.1, 0.15) is 17.2 Å². The second kappa shape index (κ2) is 6.45. The molecule has 0 N–H and O–H groups in total. The number of piperidine rings is 1. The van der Waals surface area contributed by atoms with Gasteiger partial charge in [-0.25, -0.2) is 4.79 Å². The summed E-state index contributed by atoms with van der Waals surface area (Å²) in [6.45, 7) is 7.74. The van der Waals surface area contributed by atoms with Crippen LogP contribution in [0.1, 0.15) is 52.5 Å². The Bertz CT molecular complexity index is 732. The number of carbonyl (C=O) groups is 1. The van der Waals surface area contributed by atoms with Crippen LogP contribution in [0, 0.1) is 0 Å². The SMILES string of the molecule is CC[C@]12c3ccc(OC(F)(F)F)nc3O[C@H]1CCCN2C(=O)OC(C)(C)C. The summed E-state index contributed by atoms with van der Waals surface area (Å²) in [4.78, 5) is 18.3. The first-order chi connectivity index (χ1) is 12.5. The van der Waals surface area contributed by atoms with Gasteiger partial charge in [-0.1, -0.05) is 6.92 Å². The number of halogens is 3. The number of hydrogen-bond donors (Lipinski definition) is 0. The summed E-state index contributed by atoms with van der Waals surface area (Å²) in [5, 5.41) is 0. The molecule has 0 aromatic carbocycles. The molecule has 9 heteroatoms. The van der Waals surface area contributed by atoms with Gasteiger partial charge in [-0.2, -0.15) is 4.98 Å². The Kier molecular flexibility index (Phi) is 4.68. The number of carbonyl (C=O) groups excluding carboxylic acids is 1. The van der Waals surface area contributed by atoms with Crippen molar-refractivity contribution in [1.29, 1.82) is 0 Å². The van der Waals surface area contributed by atoms with Gasteiger partial charge in [0.25, 0.3) is 0 Å². The van der Waals surface area contributed by atoms with Crippen molar-refractivity contribution >= 4 is 6.09 Å². The molecule has 1 amide bonds. The van der Waals surface area contributed by atoms with E-state index in [1.165, 1.54) is 6.07 Å². The lowest BCUT2D eigenvalue weighted by Gasteiger charge is -2.47. The summed E-state index contributed by atoms with van der Waals surface area (Å²) < 4.78 is 52.8. The Morgan fingerprint density at radius 3 is 2.67 bits per heavy atom. The van der Waals surface area contributed by atoms with Crippen molar-refractivity contribution in [1.82, 2.24) is 9.88 Å². The van der Waals surface area contributed by atoms with Gasteiger partial charge in [0.2, 0.25) is 11.8 Å². The summed E-state index contributed by atoms with van der Waals surface area (Å²) in [5.41, 5.74) is -0.904. The standard InChI is InChI=1S/C18H23F3N2O4/c1-5-17-11-8-9-13(26-18(19,20)21)22-14(11)25-12(17)7-6-10-23(17)15(24)27-16(2,3)4/h8-9,12H,5-7,10H2,1-4H3/t12-,17-/m0/s1. The van der Waals surface area contributed by atoms with E-state index in [0.29, 0.717) is 31.4 Å². The molecule has 1 aromatic heterocycles. The number of aromatic nitrogens is 1. The van der Waals surface area contributed by atoms with Crippen molar-refractivity contribution in [2.45, 2.75) is 70.6 Å². The first-order valence-electron chi connectivity index (χ1n) is 8.91. The van der Waals surface area contributed by atoms with Gasteiger partial charge in [0.05, 0.1) is 0 Å². The third-order valence-corrected chi connectivity index (χ3v) is 4.79. The van der Waals surface area contributed by atoms with Gasteiger partial charge in [-0.15, -0.1) is 13.2 Å². The molecule has 1 fully saturated rings. The van der Waals surface area contributed by atoms with Gasteiger partial charge < -0.3 is 14.2 Å². The van der Waals surface area contributed by atoms with Gasteiger partial charge in [-0.05, 0) is 46.1 Å². The van der Waals surface area contributed by atoms with E-state index >= 15 is 0 Å². The van der Waals surface area contributed by atoms with Crippen LogP contribution in [0.4, 0.5) is 18.0 Å². The molecule has 3 rings (SSSR count). The molecule has 3 heterocycles. The molecule has 2 atom stereocenters. The van der Waals surface area contributed by atoms with E-state index in [1.54, 1.807) is 25.7 Å². The minimum atomic E-state index is -4.84. The van der Waals surface area contributed by atoms with E-state index in [2.05, 4.69) is 9.72 Å². The van der Waals surface area contributed by atoms with Crippen LogP contribution >= 0.6 is 0 Å². The van der Waals surface area contributed by atoms with Crippen molar-refractivity contribution in [3.05, 3.63) is 17.7 Å². The van der Waals surface area contributed by atoms with E-state index in [4.69, 9.17) is 9.47 Å². The largest absolute Gasteiger partial charge is 0.574 e. The Morgan fingerprint density at radius 2 is 2.07 bits per heavy atom. The zero-order valence-corrected chi connectivity index (χ0v) is 15.7. The molecule has 2 aliphatic heterocycles. The highest BCUT2D eigenvalue weighted by Crippen LogP contribution is 2.51. The number of amides is 1. The Morgan fingerprint density at radius 1 is 1.37 bits per heavy atom. The summed E-state index contributed by atoms with van der Waals surface area (Å²) >= 11 is 0. The predicted molar refractivity (Wildman–Crippen MR) is 89.5 cm³/mol. The monoisotopic (exact) mass is 388 g/mol. The fourth-order valence-electron chi connectivity index (χ4n) is 3.86. The molecule has 1 aromatic rings. The normalized spacial score (nSPS) is 24.7. The van der Waals surface area contributed by atoms with E-state index in [-0.39, 0.29) is 5.88 Å². The fourth-order valence-corrected chi connectivity index (χ4v) is 3.86. The maximum absolute atomic E-state index is 12.8. The van der Waals surface area contributed by atoms with Crippen molar-refractivity contribution in [3.8, 4) is 11.8 Å². The van der Waals surface area contributed by atoms with Gasteiger partial charge >= 0.3 is 12.5 Å². The maximum atomic E-state index is 12.8. The van der Waals surface area contributed by atoms with Gasteiger partial charge in [0.15, 0.2) is 0 Å². The molecule has 0 unspecified atom stereocenters. The van der Waals surface area contributed by atoms with Crippen LogP contribution in [0.25, 0.3) is 0 Å². The van der Waals surface area contributed by atoms with E-state index in [9.17, 15) is 18.0 Å². The van der Waals surface area contributed by atoms with E-state index < -0.39 is 35.6 Å². The smallest absolute Gasteiger partial charge is 0.471 e. The van der Waals surface area contributed by atoms with Crippen LogP contribution in [-0.2, 0) is 10.3 Å². The third kappa shape index (κ3) is 3.64. The number of fused-ring (bicyclic) bond motifs is 3. The lowest BCUT2D eigenvalue weighted by Crippen LogP contribution is -2.59. The summed E-state index contributed by atoms with van der Waals surface area (Å²) in [7, 11) is 0. The molecule has 6 nitrogen and oxygen atoms in total. The molecule has 2 aliphatic rings. The molecule has 150 valence electrons. The van der Waals surface area contributed by atoms with Crippen LogP contribution in [0.15, 0.2) is 12.1 Å². The summed E-state index contributed by atoms with van der Waals surface area (Å²) in [6.07, 6.45) is -3.82. The first-order valence-corrected chi connectivity index (χ1v) is 8.91. The fraction of sp³-hybridized carbons (Fsp3) is 0.667. The molecule has 0 radical (unpaired) electrons. The highest BCUT2D eigenvalue weighted by molar-refractivity contribution is 5.71. The number of alkyl halides is 3. The first kappa shape index (κ1) is 19.6. The van der Waals surface area contributed by atoms with Crippen LogP contribution in [0.5, 0.6) is 11.8 Å². The lowest BCUT2D eigenvalue weighted by atomic mass is 9.78. The number of ether oxygens (including phenoxy) is 3. The molecule has 0 aliphatic carbocycles. The van der Waals surface area contributed by atoms with E-state index in [0.717, 1.165) is 6.07 Å². The van der Waals surface area contributed by atoms with Crippen LogP contribution in [0.2, 0.25) is 0 Å². The molecular formula is C18H23F3N2O4. The number of pyridine rings is 1. The highest BCUT2D eigenvalue weighted by atomic mass is 19.4. The minimum absolute atomic E-state index is 0.0686. The molecular weight excluding hydrogens is 365 g/mol. The molecule has 0 bridgehead atoms. The van der Waals surface area contributed by atoms with E-state index in [1.807, 2.05) is 6.92 Å². The van der Waals surface area contributed by atoms with Gasteiger partial charge in [-0.3, -0.25) is 4.90 Å². The zero-order valence-electron chi connectivity index (χ0n) is 15.7. The molecule has 27 heavy (non-hydrogen) atoms. The average molecular weight is 388 g/mol. The number of nitrogens with zero attached hydrogens (tertiary/aromatic N) is 2. The van der Waals surface area contributed by atoms with Crippen molar-refractivity contribution < 1.29 is 32.2 Å². The Hall–Kier alpha value is -2.19. The van der Waals surface area contributed by atoms with Crippen LogP contribution in [-0.4, -0.2) is 40.6 Å². The van der Waals surface area contributed by atoms with Crippen molar-refractivity contribution in [2.24, 2.45) is 0 Å².